The van der Waals surface area contributed by atoms with Gasteiger partial charge in [0.05, 0.1) is 16.7 Å². The van der Waals surface area contributed by atoms with Crippen LogP contribution in [0.3, 0.4) is 0 Å². The fourth-order valence-corrected chi connectivity index (χ4v) is 2.57. The topological polar surface area (TPSA) is 113 Å². The molecule has 8 nitrogen and oxygen atoms in total. The first-order valence-corrected chi connectivity index (χ1v) is 7.43. The van der Waals surface area contributed by atoms with Gasteiger partial charge in [-0.25, -0.2) is 9.59 Å². The predicted molar refractivity (Wildman–Crippen MR) is 90.3 cm³/mol. The van der Waals surface area contributed by atoms with Gasteiger partial charge in [0.15, 0.2) is 11.2 Å². The number of nitro benzene ring substituents is 1. The van der Waals surface area contributed by atoms with Crippen LogP contribution in [0, 0.1) is 10.1 Å². The van der Waals surface area contributed by atoms with E-state index in [2.05, 4.69) is 0 Å². The summed E-state index contributed by atoms with van der Waals surface area (Å²) in [5, 5.41) is 11.9. The highest BCUT2D eigenvalue weighted by Crippen LogP contribution is 2.35. The number of nitrogens with zero attached hydrogens (tertiary/aromatic N) is 1. The molecule has 4 rings (SSSR count). The zero-order valence-corrected chi connectivity index (χ0v) is 13.0. The van der Waals surface area contributed by atoms with Crippen molar-refractivity contribution in [1.82, 2.24) is 0 Å². The summed E-state index contributed by atoms with van der Waals surface area (Å²) >= 11 is 0. The molecule has 0 atom stereocenters. The molecule has 4 aromatic rings. The Morgan fingerprint density at radius 1 is 1.00 bits per heavy atom. The van der Waals surface area contributed by atoms with Crippen molar-refractivity contribution in [3.8, 4) is 5.75 Å². The summed E-state index contributed by atoms with van der Waals surface area (Å²) in [7, 11) is 0. The van der Waals surface area contributed by atoms with E-state index in [4.69, 9.17) is 13.6 Å². The molecule has 2 aromatic carbocycles. The molecule has 128 valence electrons. The van der Waals surface area contributed by atoms with E-state index < -0.39 is 16.5 Å². The van der Waals surface area contributed by atoms with Gasteiger partial charge in [0.25, 0.3) is 5.69 Å². The highest BCUT2D eigenvalue weighted by molar-refractivity contribution is 6.03. The lowest BCUT2D eigenvalue weighted by atomic mass is 10.1. The lowest BCUT2D eigenvalue weighted by molar-refractivity contribution is -0.384. The number of hydrogen-bond acceptors (Lipinski definition) is 7. The molecule has 0 spiro atoms. The Bertz CT molecular complexity index is 1220. The first kappa shape index (κ1) is 15.6. The maximum absolute atomic E-state index is 12.4. The van der Waals surface area contributed by atoms with Crippen LogP contribution >= 0.6 is 0 Å². The Balaban J connectivity index is 1.81. The van der Waals surface area contributed by atoms with Gasteiger partial charge >= 0.3 is 11.6 Å². The van der Waals surface area contributed by atoms with Crippen molar-refractivity contribution >= 4 is 33.6 Å². The summed E-state index contributed by atoms with van der Waals surface area (Å²) in [5.74, 6) is -0.792. The molecule has 0 radical (unpaired) electrons. The van der Waals surface area contributed by atoms with Crippen LogP contribution in [-0.4, -0.2) is 10.9 Å². The van der Waals surface area contributed by atoms with Crippen molar-refractivity contribution in [3.63, 3.8) is 0 Å². The number of nitro groups is 1. The van der Waals surface area contributed by atoms with Gasteiger partial charge in [0, 0.05) is 29.0 Å². The van der Waals surface area contributed by atoms with Gasteiger partial charge in [0.1, 0.15) is 0 Å². The summed E-state index contributed by atoms with van der Waals surface area (Å²) in [6, 6.07) is 11.2. The second kappa shape index (κ2) is 5.85. The third-order valence-corrected chi connectivity index (χ3v) is 3.79. The van der Waals surface area contributed by atoms with Gasteiger partial charge in [-0.1, -0.05) is 0 Å². The maximum atomic E-state index is 12.4. The number of carbonyl (C=O) groups excluding carboxylic acids is 1. The molecule has 26 heavy (non-hydrogen) atoms. The third-order valence-electron chi connectivity index (χ3n) is 3.79. The number of rotatable bonds is 3. The van der Waals surface area contributed by atoms with E-state index in [0.29, 0.717) is 10.8 Å². The number of benzene rings is 2. The second-order valence-corrected chi connectivity index (χ2v) is 5.41. The molecule has 0 aliphatic carbocycles. The minimum Gasteiger partial charge on any atom is -0.460 e. The van der Waals surface area contributed by atoms with Crippen molar-refractivity contribution in [1.29, 1.82) is 0 Å². The van der Waals surface area contributed by atoms with Crippen LogP contribution in [0.15, 0.2) is 68.4 Å². The van der Waals surface area contributed by atoms with Crippen molar-refractivity contribution in [3.05, 3.63) is 80.9 Å². The first-order chi connectivity index (χ1) is 12.5. The number of ether oxygens (including phenoxy) is 1. The van der Waals surface area contributed by atoms with Crippen LogP contribution in [0.5, 0.6) is 5.75 Å². The molecule has 0 fully saturated rings. The van der Waals surface area contributed by atoms with Crippen molar-refractivity contribution in [2.24, 2.45) is 0 Å². The second-order valence-electron chi connectivity index (χ2n) is 5.41. The van der Waals surface area contributed by atoms with Crippen molar-refractivity contribution < 1.29 is 23.3 Å². The van der Waals surface area contributed by atoms with Crippen molar-refractivity contribution in [2.75, 3.05) is 0 Å². The minimum atomic E-state index is -0.767. The number of non-ortho nitro benzene ring substituents is 1. The van der Waals surface area contributed by atoms with Crippen molar-refractivity contribution in [2.45, 2.75) is 0 Å². The Hall–Kier alpha value is -3.94. The Labute approximate surface area is 144 Å². The van der Waals surface area contributed by atoms with E-state index in [1.54, 1.807) is 18.2 Å². The van der Waals surface area contributed by atoms with Gasteiger partial charge in [-0.3, -0.25) is 10.1 Å². The molecule has 0 aliphatic heterocycles. The zero-order valence-electron chi connectivity index (χ0n) is 13.0. The number of carbonyl (C=O) groups is 1. The smallest absolute Gasteiger partial charge is 0.343 e. The first-order valence-electron chi connectivity index (χ1n) is 7.43. The summed E-state index contributed by atoms with van der Waals surface area (Å²) < 4.78 is 15.9. The largest absolute Gasteiger partial charge is 0.460 e. The molecule has 0 unspecified atom stereocenters. The monoisotopic (exact) mass is 351 g/mol. The lowest BCUT2D eigenvalue weighted by Crippen LogP contribution is -2.09. The molecule has 0 N–H and O–H groups in total. The highest BCUT2D eigenvalue weighted by atomic mass is 16.6. The molecule has 0 bridgehead atoms. The molecule has 2 heterocycles. The molecular formula is C18H9NO7. The summed E-state index contributed by atoms with van der Waals surface area (Å²) in [6.45, 7) is 0. The standard InChI is InChI=1S/C18H9NO7/c20-14-6-3-11-9-12-7-8-24-15(12)17(16(11)25-14)26-18(21)10-1-4-13(5-2-10)19(22)23/h1-9H. The van der Waals surface area contributed by atoms with E-state index in [9.17, 15) is 19.7 Å². The van der Waals surface area contributed by atoms with Gasteiger partial charge in [0.2, 0.25) is 5.75 Å². The number of hydrogen-bond donors (Lipinski definition) is 0. The summed E-state index contributed by atoms with van der Waals surface area (Å²) in [6.07, 6.45) is 1.42. The Morgan fingerprint density at radius 2 is 1.73 bits per heavy atom. The molecule has 0 saturated carbocycles. The molecule has 0 saturated heterocycles. The zero-order chi connectivity index (χ0) is 18.3. The lowest BCUT2D eigenvalue weighted by Gasteiger charge is -2.07. The summed E-state index contributed by atoms with van der Waals surface area (Å²) in [5.41, 5.74) is -0.315. The minimum absolute atomic E-state index is 0.0245. The maximum Gasteiger partial charge on any atom is 0.343 e. The quantitative estimate of drug-likeness (QED) is 0.182. The van der Waals surface area contributed by atoms with E-state index in [0.717, 1.165) is 0 Å². The molecule has 0 amide bonds. The van der Waals surface area contributed by atoms with E-state index >= 15 is 0 Å². The fourth-order valence-electron chi connectivity index (χ4n) is 2.57. The SMILES string of the molecule is O=C(Oc1c2occc2cc2ccc(=O)oc12)c1ccc([N+](=O)[O-])cc1. The average Bonchev–Trinajstić information content (AvgIpc) is 3.10. The average molecular weight is 351 g/mol. The van der Waals surface area contributed by atoms with Gasteiger partial charge in [-0.15, -0.1) is 0 Å². The number of fused-ring (bicyclic) bond motifs is 2. The Kier molecular flexibility index (Phi) is 3.51. The van der Waals surface area contributed by atoms with Crippen LogP contribution in [0.4, 0.5) is 5.69 Å². The van der Waals surface area contributed by atoms with Gasteiger partial charge in [-0.05, 0) is 30.3 Å². The van der Waals surface area contributed by atoms with Gasteiger partial charge in [-0.2, -0.15) is 0 Å². The van der Waals surface area contributed by atoms with Gasteiger partial charge < -0.3 is 13.6 Å². The van der Waals surface area contributed by atoms with Crippen LogP contribution in [0.2, 0.25) is 0 Å². The molecule has 0 aliphatic rings. The summed E-state index contributed by atoms with van der Waals surface area (Å²) in [4.78, 5) is 34.1. The third kappa shape index (κ3) is 2.59. The number of esters is 1. The number of furan rings is 1. The van der Waals surface area contributed by atoms with Crippen LogP contribution in [-0.2, 0) is 0 Å². The molecule has 2 aromatic heterocycles. The van der Waals surface area contributed by atoms with E-state index in [1.807, 2.05) is 0 Å². The highest BCUT2D eigenvalue weighted by Gasteiger charge is 2.19. The van der Waals surface area contributed by atoms with Crippen LogP contribution < -0.4 is 10.4 Å². The molecule has 8 heteroatoms. The Morgan fingerprint density at radius 3 is 2.46 bits per heavy atom. The fraction of sp³-hybridized carbons (Fsp3) is 0. The van der Waals surface area contributed by atoms with Crippen LogP contribution in [0.1, 0.15) is 10.4 Å². The van der Waals surface area contributed by atoms with Crippen LogP contribution in [0.25, 0.3) is 21.9 Å². The normalized spacial score (nSPS) is 10.9. The molecular weight excluding hydrogens is 342 g/mol. The van der Waals surface area contributed by atoms with E-state index in [-0.39, 0.29) is 28.2 Å². The van der Waals surface area contributed by atoms with E-state index in [1.165, 1.54) is 36.6 Å². The predicted octanol–water partition coefficient (Wildman–Crippen LogP) is 3.67.